The van der Waals surface area contributed by atoms with E-state index >= 15 is 0 Å². The van der Waals surface area contributed by atoms with Crippen LogP contribution >= 0.6 is 0 Å². The Morgan fingerprint density at radius 2 is 1.79 bits per heavy atom. The van der Waals surface area contributed by atoms with Crippen LogP contribution < -0.4 is 16.0 Å². The van der Waals surface area contributed by atoms with Crippen LogP contribution in [0.1, 0.15) is 63.1 Å². The Morgan fingerprint density at radius 1 is 1.06 bits per heavy atom. The smallest absolute Gasteiger partial charge is 0.336 e. The van der Waals surface area contributed by atoms with Crippen molar-refractivity contribution in [1.82, 2.24) is 10.6 Å². The fourth-order valence-electron chi connectivity index (χ4n) is 4.75. The van der Waals surface area contributed by atoms with Gasteiger partial charge < -0.3 is 26.2 Å². The van der Waals surface area contributed by atoms with Crippen molar-refractivity contribution in [3.8, 4) is 0 Å². The van der Waals surface area contributed by atoms with Gasteiger partial charge in [-0.2, -0.15) is 0 Å². The molecule has 0 radical (unpaired) electrons. The van der Waals surface area contributed by atoms with E-state index in [1.54, 1.807) is 6.92 Å². The number of nitrogens with one attached hydrogen (secondary N) is 3. The summed E-state index contributed by atoms with van der Waals surface area (Å²) in [6.45, 7) is 4.47. The van der Waals surface area contributed by atoms with E-state index in [0.717, 1.165) is 32.2 Å². The number of hydrogen-bond acceptors (Lipinski definition) is 4. The fraction of sp³-hybridized carbons (Fsp3) is 0.423. The van der Waals surface area contributed by atoms with Gasteiger partial charge in [-0.25, -0.2) is 14.4 Å². The van der Waals surface area contributed by atoms with Gasteiger partial charge >= 0.3 is 18.0 Å². The van der Waals surface area contributed by atoms with Crippen LogP contribution in [0.25, 0.3) is 0 Å². The molecule has 2 unspecified atom stereocenters. The molecule has 182 valence electrons. The van der Waals surface area contributed by atoms with Gasteiger partial charge in [0.1, 0.15) is 0 Å². The van der Waals surface area contributed by atoms with E-state index in [4.69, 9.17) is 0 Å². The third-order valence-corrected chi connectivity index (χ3v) is 6.52. The minimum atomic E-state index is -1.24. The number of carbonyl (C=O) groups excluding carboxylic acids is 1. The van der Waals surface area contributed by atoms with Gasteiger partial charge in [0, 0.05) is 18.3 Å². The van der Waals surface area contributed by atoms with Crippen molar-refractivity contribution in [1.29, 1.82) is 0 Å². The minimum Gasteiger partial charge on any atom is -0.478 e. The molecule has 5 N–H and O–H groups in total. The lowest BCUT2D eigenvalue weighted by Gasteiger charge is -2.30. The molecule has 1 fully saturated rings. The van der Waals surface area contributed by atoms with Crippen molar-refractivity contribution in [2.75, 3.05) is 18.4 Å². The number of hydrogen-bond donors (Lipinski definition) is 5. The molecule has 34 heavy (non-hydrogen) atoms. The SMILES string of the molecule is Cc1c(NC(=O)NCCCC2CC(Cc3ccccc3)CCN2)cc(C(=O)O)c(C)c1C(=O)O. The molecule has 2 atom stereocenters. The number of benzene rings is 2. The molecule has 2 amide bonds. The topological polar surface area (TPSA) is 128 Å². The second-order valence-electron chi connectivity index (χ2n) is 8.96. The van der Waals surface area contributed by atoms with Crippen molar-refractivity contribution in [2.24, 2.45) is 5.92 Å². The average molecular weight is 468 g/mol. The summed E-state index contributed by atoms with van der Waals surface area (Å²) in [5, 5.41) is 27.8. The van der Waals surface area contributed by atoms with E-state index in [1.807, 2.05) is 6.07 Å². The summed E-state index contributed by atoms with van der Waals surface area (Å²) in [5.74, 6) is -1.82. The number of carbonyl (C=O) groups is 3. The Bertz CT molecular complexity index is 1040. The first-order valence-electron chi connectivity index (χ1n) is 11.7. The van der Waals surface area contributed by atoms with Crippen LogP contribution in [0.15, 0.2) is 36.4 Å². The maximum atomic E-state index is 12.4. The Balaban J connectivity index is 1.48. The molecule has 0 spiro atoms. The lowest BCUT2D eigenvalue weighted by Crippen LogP contribution is -2.39. The van der Waals surface area contributed by atoms with Crippen molar-refractivity contribution >= 4 is 23.7 Å². The fourth-order valence-corrected chi connectivity index (χ4v) is 4.75. The highest BCUT2D eigenvalue weighted by Gasteiger charge is 2.23. The quantitative estimate of drug-likeness (QED) is 0.352. The van der Waals surface area contributed by atoms with E-state index in [9.17, 15) is 24.6 Å². The number of carboxylic acids is 2. The maximum absolute atomic E-state index is 12.4. The molecule has 3 rings (SSSR count). The molecule has 1 heterocycles. The summed E-state index contributed by atoms with van der Waals surface area (Å²) in [6, 6.07) is 11.8. The van der Waals surface area contributed by atoms with Crippen LogP contribution in [0.5, 0.6) is 0 Å². The first-order valence-corrected chi connectivity index (χ1v) is 11.7. The van der Waals surface area contributed by atoms with E-state index in [1.165, 1.54) is 25.0 Å². The maximum Gasteiger partial charge on any atom is 0.336 e. The predicted molar refractivity (Wildman–Crippen MR) is 131 cm³/mol. The second kappa shape index (κ2) is 11.7. The van der Waals surface area contributed by atoms with Crippen LogP contribution in [-0.2, 0) is 6.42 Å². The van der Waals surface area contributed by atoms with Crippen molar-refractivity contribution in [3.05, 3.63) is 64.2 Å². The number of rotatable bonds is 9. The summed E-state index contributed by atoms with van der Waals surface area (Å²) in [4.78, 5) is 35.5. The highest BCUT2D eigenvalue weighted by Crippen LogP contribution is 2.27. The number of amides is 2. The van der Waals surface area contributed by atoms with Gasteiger partial charge in [-0.3, -0.25) is 0 Å². The number of piperidine rings is 1. The van der Waals surface area contributed by atoms with Crippen molar-refractivity contribution in [3.63, 3.8) is 0 Å². The molecule has 1 aliphatic rings. The molecule has 1 saturated heterocycles. The van der Waals surface area contributed by atoms with Crippen molar-refractivity contribution < 1.29 is 24.6 Å². The first-order chi connectivity index (χ1) is 16.3. The Morgan fingerprint density at radius 3 is 2.47 bits per heavy atom. The summed E-state index contributed by atoms with van der Waals surface area (Å²) in [5.41, 5.74) is 1.77. The van der Waals surface area contributed by atoms with Gasteiger partial charge in [0.15, 0.2) is 0 Å². The third kappa shape index (κ3) is 6.57. The van der Waals surface area contributed by atoms with E-state index < -0.39 is 18.0 Å². The molecule has 8 nitrogen and oxygen atoms in total. The molecule has 8 heteroatoms. The van der Waals surface area contributed by atoms with Crippen LogP contribution in [0.3, 0.4) is 0 Å². The lowest BCUT2D eigenvalue weighted by molar-refractivity contribution is 0.0695. The summed E-state index contributed by atoms with van der Waals surface area (Å²) >= 11 is 0. The molecule has 0 aliphatic carbocycles. The van der Waals surface area contributed by atoms with Crippen LogP contribution in [0.2, 0.25) is 0 Å². The third-order valence-electron chi connectivity index (χ3n) is 6.52. The minimum absolute atomic E-state index is 0.108. The summed E-state index contributed by atoms with van der Waals surface area (Å²) in [6.07, 6.45) is 5.11. The van der Waals surface area contributed by atoms with Gasteiger partial charge in [-0.05, 0) is 81.2 Å². The molecule has 1 aliphatic heterocycles. The zero-order valence-electron chi connectivity index (χ0n) is 19.7. The Hall–Kier alpha value is -3.39. The first kappa shape index (κ1) is 25.2. The van der Waals surface area contributed by atoms with Crippen LogP contribution in [0, 0.1) is 19.8 Å². The van der Waals surface area contributed by atoms with Gasteiger partial charge in [-0.15, -0.1) is 0 Å². The number of aromatic carboxylic acids is 2. The number of urea groups is 1. The Labute approximate surface area is 199 Å². The highest BCUT2D eigenvalue weighted by atomic mass is 16.4. The summed E-state index contributed by atoms with van der Waals surface area (Å²) < 4.78 is 0. The highest BCUT2D eigenvalue weighted by molar-refractivity contribution is 6.02. The van der Waals surface area contributed by atoms with E-state index in [2.05, 4.69) is 40.2 Å². The van der Waals surface area contributed by atoms with Crippen LogP contribution in [0.4, 0.5) is 10.5 Å². The second-order valence-corrected chi connectivity index (χ2v) is 8.96. The van der Waals surface area contributed by atoms with Gasteiger partial charge in [0.2, 0.25) is 0 Å². The van der Waals surface area contributed by atoms with Gasteiger partial charge in [0.05, 0.1) is 11.1 Å². The van der Waals surface area contributed by atoms with Crippen molar-refractivity contribution in [2.45, 2.75) is 52.0 Å². The molecular formula is C26H33N3O5. The zero-order valence-corrected chi connectivity index (χ0v) is 19.7. The molecule has 2 aromatic rings. The lowest BCUT2D eigenvalue weighted by atomic mass is 9.86. The normalized spacial score (nSPS) is 17.7. The van der Waals surface area contributed by atoms with Crippen LogP contribution in [-0.4, -0.2) is 47.3 Å². The van der Waals surface area contributed by atoms with E-state index in [-0.39, 0.29) is 22.4 Å². The predicted octanol–water partition coefficient (Wildman–Crippen LogP) is 4.21. The molecular weight excluding hydrogens is 434 g/mol. The molecule has 0 saturated carbocycles. The Kier molecular flexibility index (Phi) is 8.65. The van der Waals surface area contributed by atoms with Gasteiger partial charge in [-0.1, -0.05) is 30.3 Å². The average Bonchev–Trinajstić information content (AvgIpc) is 2.79. The monoisotopic (exact) mass is 467 g/mol. The largest absolute Gasteiger partial charge is 0.478 e. The number of anilines is 1. The molecule has 0 bridgehead atoms. The zero-order chi connectivity index (χ0) is 24.7. The molecule has 0 aromatic heterocycles. The standard InChI is InChI=1S/C26H33N3O5/c1-16-21(24(30)31)15-22(17(2)23(16)25(32)33)29-26(34)28-11-6-9-20-14-19(10-12-27-20)13-18-7-4-3-5-8-18/h3-5,7-8,15,19-20,27H,6,9-14H2,1-2H3,(H,30,31)(H,32,33)(H2,28,29,34). The molecule has 2 aromatic carbocycles. The van der Waals surface area contributed by atoms with Gasteiger partial charge in [0.25, 0.3) is 0 Å². The number of carboxylic acid groups (broad SMARTS) is 2. The van der Waals surface area contributed by atoms with E-state index in [0.29, 0.717) is 24.1 Å². The summed E-state index contributed by atoms with van der Waals surface area (Å²) in [7, 11) is 0.